The summed E-state index contributed by atoms with van der Waals surface area (Å²) in [5, 5.41) is 17.6. The number of hydrogen-bond donors (Lipinski definition) is 2. The Balaban J connectivity index is 1.56. The highest BCUT2D eigenvalue weighted by Gasteiger charge is 2.24. The number of rotatable bonds is 11. The van der Waals surface area contributed by atoms with E-state index in [0.29, 0.717) is 31.5 Å². The molecule has 1 fully saturated rings. The number of aromatic nitrogens is 4. The fourth-order valence-corrected chi connectivity index (χ4v) is 4.27. The smallest absolute Gasteiger partial charge is 0.213 e. The number of ether oxygens (including phenoxy) is 1. The molecule has 1 aliphatic heterocycles. The molecule has 0 aliphatic carbocycles. The Bertz CT molecular complexity index is 1050. The van der Waals surface area contributed by atoms with Crippen LogP contribution >= 0.6 is 0 Å². The van der Waals surface area contributed by atoms with Crippen molar-refractivity contribution in [2.75, 3.05) is 30.0 Å². The van der Waals surface area contributed by atoms with E-state index in [0.717, 1.165) is 66.9 Å². The summed E-state index contributed by atoms with van der Waals surface area (Å²) < 4.78 is 7.30. The lowest BCUT2D eigenvalue weighted by atomic mass is 9.99. The number of nitrogens with zero attached hydrogens (tertiary/aromatic N) is 5. The number of aliphatic hydroxyl groups excluding tert-OH is 1. The zero-order chi connectivity index (χ0) is 23.0. The number of nitrogens with one attached hydrogen (secondary N) is 1. The Hall–Kier alpha value is -3.20. The number of aryl methyl sites for hydroxylation is 1. The van der Waals surface area contributed by atoms with Gasteiger partial charge in [0.2, 0.25) is 5.88 Å². The van der Waals surface area contributed by atoms with Gasteiger partial charge in [-0.15, -0.1) is 0 Å². The van der Waals surface area contributed by atoms with Crippen LogP contribution in [0.5, 0.6) is 5.88 Å². The van der Waals surface area contributed by atoms with Gasteiger partial charge in [-0.25, -0.2) is 9.97 Å². The van der Waals surface area contributed by atoms with Crippen molar-refractivity contribution >= 4 is 23.6 Å². The van der Waals surface area contributed by atoms with E-state index >= 15 is 0 Å². The van der Waals surface area contributed by atoms with Gasteiger partial charge in [0.25, 0.3) is 0 Å². The molecule has 3 aromatic rings. The van der Waals surface area contributed by atoms with Crippen LogP contribution in [0.25, 0.3) is 5.65 Å². The summed E-state index contributed by atoms with van der Waals surface area (Å²) in [5.74, 6) is 2.30. The lowest BCUT2D eigenvalue weighted by molar-refractivity contribution is -0.108. The third-order valence-electron chi connectivity index (χ3n) is 6.05. The normalized spacial score (nSPS) is 16.2. The van der Waals surface area contributed by atoms with Crippen molar-refractivity contribution in [3.63, 3.8) is 0 Å². The molecule has 0 bridgehead atoms. The van der Waals surface area contributed by atoms with Crippen LogP contribution in [0.4, 0.5) is 11.6 Å². The Morgan fingerprint density at radius 1 is 1.30 bits per heavy atom. The first-order chi connectivity index (χ1) is 16.2. The Morgan fingerprint density at radius 3 is 2.97 bits per heavy atom. The number of hydrogen-bond acceptors (Lipinski definition) is 8. The third kappa shape index (κ3) is 5.42. The lowest BCUT2D eigenvalue weighted by Crippen LogP contribution is -2.40. The first-order valence-electron chi connectivity index (χ1n) is 11.7. The van der Waals surface area contributed by atoms with Gasteiger partial charge in [0.1, 0.15) is 17.9 Å². The van der Waals surface area contributed by atoms with E-state index < -0.39 is 0 Å². The van der Waals surface area contributed by atoms with Gasteiger partial charge in [-0.2, -0.15) is 9.61 Å². The maximum Gasteiger partial charge on any atom is 0.213 e. The van der Waals surface area contributed by atoms with Gasteiger partial charge in [0.15, 0.2) is 5.65 Å². The number of aliphatic hydroxyl groups is 1. The standard InChI is InChI=1S/C24H32N6O3/c1-2-19-17-27-30-21(25-15-18-7-8-23(26-16-18)33-13-5-11-31)14-22(28-24(19)30)29-10-4-3-6-20(29)9-12-32/h7-8,11,14,16-17,20,25,32H,2-6,9-10,12-13,15H2,1H3/t20-/m0/s1. The van der Waals surface area contributed by atoms with Crippen molar-refractivity contribution in [3.8, 4) is 5.88 Å². The lowest BCUT2D eigenvalue weighted by Gasteiger charge is -2.36. The first kappa shape index (κ1) is 23.0. The predicted molar refractivity (Wildman–Crippen MR) is 127 cm³/mol. The summed E-state index contributed by atoms with van der Waals surface area (Å²) in [4.78, 5) is 22.1. The molecule has 4 heterocycles. The number of pyridine rings is 1. The first-order valence-corrected chi connectivity index (χ1v) is 11.7. The third-order valence-corrected chi connectivity index (χ3v) is 6.05. The molecule has 1 saturated heterocycles. The highest BCUT2D eigenvalue weighted by atomic mass is 16.5. The highest BCUT2D eigenvalue weighted by Crippen LogP contribution is 2.29. The van der Waals surface area contributed by atoms with Crippen LogP contribution in [0.2, 0.25) is 0 Å². The van der Waals surface area contributed by atoms with E-state index in [1.807, 2.05) is 22.8 Å². The summed E-state index contributed by atoms with van der Waals surface area (Å²) in [6.07, 6.45) is 9.83. The second-order valence-corrected chi connectivity index (χ2v) is 8.28. The molecule has 2 N–H and O–H groups in total. The molecule has 176 valence electrons. The monoisotopic (exact) mass is 452 g/mol. The van der Waals surface area contributed by atoms with Gasteiger partial charge in [-0.1, -0.05) is 13.0 Å². The number of fused-ring (bicyclic) bond motifs is 1. The van der Waals surface area contributed by atoms with Gasteiger partial charge >= 0.3 is 0 Å². The van der Waals surface area contributed by atoms with Gasteiger partial charge < -0.3 is 24.9 Å². The van der Waals surface area contributed by atoms with E-state index in [1.165, 1.54) is 6.42 Å². The number of carbonyl (C=O) groups is 1. The zero-order valence-corrected chi connectivity index (χ0v) is 19.1. The molecular weight excluding hydrogens is 420 g/mol. The van der Waals surface area contributed by atoms with Crippen molar-refractivity contribution in [2.24, 2.45) is 0 Å². The zero-order valence-electron chi connectivity index (χ0n) is 19.1. The number of piperidine rings is 1. The SMILES string of the molecule is CCc1cnn2c(NCc3ccc(OCCC=O)nc3)cc(N3CCCC[C@H]3CCO)nc12. The van der Waals surface area contributed by atoms with Crippen LogP contribution in [0, 0.1) is 0 Å². The fourth-order valence-electron chi connectivity index (χ4n) is 4.27. The molecule has 1 atom stereocenters. The molecular formula is C24H32N6O3. The van der Waals surface area contributed by atoms with Crippen LogP contribution < -0.4 is 15.0 Å². The summed E-state index contributed by atoms with van der Waals surface area (Å²) >= 11 is 0. The van der Waals surface area contributed by atoms with Crippen LogP contribution in [0.1, 0.15) is 50.2 Å². The molecule has 1 aliphatic rings. The topological polar surface area (TPSA) is 105 Å². The van der Waals surface area contributed by atoms with Crippen molar-refractivity contribution in [3.05, 3.63) is 41.7 Å². The van der Waals surface area contributed by atoms with E-state index in [1.54, 1.807) is 6.20 Å². The average molecular weight is 453 g/mol. The Kier molecular flexibility index (Phi) is 7.72. The molecule has 4 rings (SSSR count). The quantitative estimate of drug-likeness (QED) is 0.338. The summed E-state index contributed by atoms with van der Waals surface area (Å²) in [6, 6.07) is 6.12. The minimum absolute atomic E-state index is 0.184. The van der Waals surface area contributed by atoms with Gasteiger partial charge in [0, 0.05) is 56.1 Å². The van der Waals surface area contributed by atoms with Gasteiger partial charge in [0.05, 0.1) is 12.8 Å². The van der Waals surface area contributed by atoms with Crippen molar-refractivity contribution in [1.82, 2.24) is 19.6 Å². The highest BCUT2D eigenvalue weighted by molar-refractivity contribution is 5.61. The second-order valence-electron chi connectivity index (χ2n) is 8.28. The van der Waals surface area contributed by atoms with E-state index in [-0.39, 0.29) is 6.61 Å². The fraction of sp³-hybridized carbons (Fsp3) is 0.500. The molecule has 9 heteroatoms. The molecule has 0 saturated carbocycles. The van der Waals surface area contributed by atoms with E-state index in [9.17, 15) is 9.90 Å². The van der Waals surface area contributed by atoms with Gasteiger partial charge in [-0.3, -0.25) is 0 Å². The minimum Gasteiger partial charge on any atom is -0.477 e. The summed E-state index contributed by atoms with van der Waals surface area (Å²) in [6.45, 7) is 4.14. The molecule has 33 heavy (non-hydrogen) atoms. The Morgan fingerprint density at radius 2 is 2.21 bits per heavy atom. The minimum atomic E-state index is 0.184. The van der Waals surface area contributed by atoms with E-state index in [2.05, 4.69) is 33.3 Å². The molecule has 0 radical (unpaired) electrons. The maximum atomic E-state index is 10.4. The van der Waals surface area contributed by atoms with Crippen LogP contribution in [-0.2, 0) is 17.8 Å². The number of anilines is 2. The van der Waals surface area contributed by atoms with Crippen molar-refractivity contribution in [2.45, 2.75) is 58.0 Å². The average Bonchev–Trinajstić information content (AvgIpc) is 3.27. The van der Waals surface area contributed by atoms with Crippen molar-refractivity contribution < 1.29 is 14.6 Å². The number of carbonyl (C=O) groups excluding carboxylic acids is 1. The molecule has 3 aromatic heterocycles. The molecule has 9 nitrogen and oxygen atoms in total. The summed E-state index contributed by atoms with van der Waals surface area (Å²) in [7, 11) is 0. The maximum absolute atomic E-state index is 10.4. The largest absolute Gasteiger partial charge is 0.477 e. The van der Waals surface area contributed by atoms with Gasteiger partial charge in [-0.05, 0) is 37.7 Å². The second kappa shape index (κ2) is 11.1. The Labute approximate surface area is 193 Å². The molecule has 0 amide bonds. The van der Waals surface area contributed by atoms with Crippen LogP contribution in [-0.4, -0.2) is 56.8 Å². The number of aldehydes is 1. The summed E-state index contributed by atoms with van der Waals surface area (Å²) in [5.41, 5.74) is 2.97. The van der Waals surface area contributed by atoms with Crippen molar-refractivity contribution in [1.29, 1.82) is 0 Å². The van der Waals surface area contributed by atoms with E-state index in [4.69, 9.17) is 9.72 Å². The molecule has 0 unspecified atom stereocenters. The van der Waals surface area contributed by atoms with Crippen LogP contribution in [0.3, 0.4) is 0 Å². The van der Waals surface area contributed by atoms with Crippen LogP contribution in [0.15, 0.2) is 30.6 Å². The molecule has 0 spiro atoms. The molecule has 0 aromatic carbocycles. The predicted octanol–water partition coefficient (Wildman–Crippen LogP) is 3.01.